The van der Waals surface area contributed by atoms with Crippen LogP contribution in [0.5, 0.6) is 0 Å². The van der Waals surface area contributed by atoms with Gasteiger partial charge in [0.2, 0.25) is 5.69 Å². The molecule has 0 N–H and O–H groups in total. The summed E-state index contributed by atoms with van der Waals surface area (Å²) in [6, 6.07) is 7.31. The molecule has 3 heteroatoms. The van der Waals surface area contributed by atoms with Gasteiger partial charge in [0, 0.05) is 43.1 Å². The Morgan fingerprint density at radius 2 is 1.89 bits per heavy atom. The van der Waals surface area contributed by atoms with E-state index in [9.17, 15) is 2.74 Å². The highest BCUT2D eigenvalue weighted by atomic mass is 16.3. The van der Waals surface area contributed by atoms with E-state index in [1.165, 1.54) is 0 Å². The number of rotatable bonds is 4. The number of nitrogens with zero attached hydrogens (tertiary/aromatic N) is 2. The average Bonchev–Trinajstić information content (AvgIpc) is 3.29. The number of aryl methyl sites for hydroxylation is 1. The van der Waals surface area contributed by atoms with Crippen molar-refractivity contribution in [2.75, 3.05) is 0 Å². The van der Waals surface area contributed by atoms with Gasteiger partial charge < -0.3 is 4.42 Å². The maximum Gasteiger partial charge on any atom is 0.216 e. The van der Waals surface area contributed by atoms with Crippen molar-refractivity contribution in [3.05, 3.63) is 69.7 Å². The predicted molar refractivity (Wildman–Crippen MR) is 145 cm³/mol. The van der Waals surface area contributed by atoms with Crippen LogP contribution in [0.4, 0.5) is 5.69 Å². The molecule has 2 aromatic heterocycles. The number of fused-ring (bicyclic) bond motifs is 3. The van der Waals surface area contributed by atoms with Gasteiger partial charge in [-0.25, -0.2) is 4.85 Å². The van der Waals surface area contributed by atoms with E-state index in [1.807, 2.05) is 25.1 Å². The van der Waals surface area contributed by atoms with Crippen LogP contribution in [0.3, 0.4) is 0 Å². The van der Waals surface area contributed by atoms with Crippen molar-refractivity contribution in [3.8, 4) is 11.3 Å². The van der Waals surface area contributed by atoms with Crippen molar-refractivity contribution in [1.29, 1.82) is 0 Å². The minimum atomic E-state index is -2.62. The first-order chi connectivity index (χ1) is 19.6. The normalized spacial score (nSPS) is 19.4. The van der Waals surface area contributed by atoms with E-state index in [0.29, 0.717) is 52.2 Å². The van der Waals surface area contributed by atoms with E-state index in [1.54, 1.807) is 38.5 Å². The molecule has 0 unspecified atom stereocenters. The first-order valence-electron chi connectivity index (χ1n) is 16.0. The van der Waals surface area contributed by atoms with Crippen LogP contribution < -0.4 is 4.57 Å². The van der Waals surface area contributed by atoms with Crippen molar-refractivity contribution in [2.24, 2.45) is 13.0 Å². The summed E-state index contributed by atoms with van der Waals surface area (Å²) in [7, 11) is 1.71. The molecule has 2 heterocycles. The smallest absolute Gasteiger partial charge is 0.216 e. The van der Waals surface area contributed by atoms with Gasteiger partial charge in [-0.3, -0.25) is 0 Å². The van der Waals surface area contributed by atoms with Crippen LogP contribution in [0.1, 0.15) is 89.4 Å². The van der Waals surface area contributed by atoms with E-state index < -0.39 is 25.0 Å². The molecule has 1 fully saturated rings. The number of hydrogen-bond donors (Lipinski definition) is 0. The molecule has 1 aliphatic rings. The lowest BCUT2D eigenvalue weighted by molar-refractivity contribution is -0.667. The summed E-state index contributed by atoms with van der Waals surface area (Å²) in [4.78, 5) is 3.78. The summed E-state index contributed by atoms with van der Waals surface area (Å²) in [6.45, 7) is 12.2. The minimum Gasteiger partial charge on any atom is -0.456 e. The number of aromatic nitrogens is 1. The Bertz CT molecular complexity index is 1770. The number of benzene rings is 2. The molecule has 4 aromatic rings. The van der Waals surface area contributed by atoms with Crippen LogP contribution in [0.25, 0.3) is 38.0 Å². The summed E-state index contributed by atoms with van der Waals surface area (Å²) in [5.41, 5.74) is 3.83. The first-order valence-corrected chi connectivity index (χ1v) is 12.5. The van der Waals surface area contributed by atoms with Gasteiger partial charge in [0.05, 0.1) is 13.5 Å². The summed E-state index contributed by atoms with van der Waals surface area (Å²) < 4.78 is 69.8. The van der Waals surface area contributed by atoms with Gasteiger partial charge in [0.15, 0.2) is 11.4 Å². The molecular formula is C32H37N2O+. The lowest BCUT2D eigenvalue weighted by atomic mass is 9.82. The molecule has 0 spiro atoms. The van der Waals surface area contributed by atoms with Gasteiger partial charge in [0.25, 0.3) is 0 Å². The molecule has 0 radical (unpaired) electrons. The number of hydrogen-bond acceptors (Lipinski definition) is 1. The van der Waals surface area contributed by atoms with Crippen LogP contribution in [-0.2, 0) is 13.4 Å². The summed E-state index contributed by atoms with van der Waals surface area (Å²) in [5.74, 6) is -1.52. The Kier molecular flexibility index (Phi) is 4.32. The largest absolute Gasteiger partial charge is 0.456 e. The second kappa shape index (κ2) is 9.15. The molecule has 0 saturated heterocycles. The van der Waals surface area contributed by atoms with Crippen molar-refractivity contribution < 1.29 is 18.6 Å². The third-order valence-corrected chi connectivity index (χ3v) is 7.29. The topological polar surface area (TPSA) is 21.4 Å². The first kappa shape index (κ1) is 16.5. The highest BCUT2D eigenvalue weighted by Gasteiger charge is 2.28. The van der Waals surface area contributed by atoms with Gasteiger partial charge in [0.1, 0.15) is 18.2 Å². The Morgan fingerprint density at radius 1 is 1.17 bits per heavy atom. The van der Waals surface area contributed by atoms with Crippen molar-refractivity contribution in [3.63, 3.8) is 0 Å². The molecule has 0 amide bonds. The molecule has 2 aromatic carbocycles. The van der Waals surface area contributed by atoms with Crippen molar-refractivity contribution >= 4 is 27.6 Å². The molecular weight excluding hydrogens is 428 g/mol. The summed E-state index contributed by atoms with van der Waals surface area (Å²) >= 11 is 0. The lowest BCUT2D eigenvalue weighted by Crippen LogP contribution is -2.36. The van der Waals surface area contributed by atoms with E-state index in [-0.39, 0.29) is 17.2 Å². The molecule has 0 aliphatic heterocycles. The third-order valence-electron chi connectivity index (χ3n) is 7.29. The molecule has 35 heavy (non-hydrogen) atoms. The van der Waals surface area contributed by atoms with Gasteiger partial charge in [-0.1, -0.05) is 57.4 Å². The van der Waals surface area contributed by atoms with Crippen LogP contribution in [0.2, 0.25) is 0 Å². The van der Waals surface area contributed by atoms with Crippen LogP contribution >= 0.6 is 0 Å². The highest BCUT2D eigenvalue weighted by molar-refractivity contribution is 6.11. The van der Waals surface area contributed by atoms with Gasteiger partial charge in [-0.2, -0.15) is 4.57 Å². The Morgan fingerprint density at radius 3 is 2.57 bits per heavy atom. The van der Waals surface area contributed by atoms with Crippen molar-refractivity contribution in [1.82, 2.24) is 0 Å². The SMILES string of the molecule is [2H]c1c(C([2H])([2H])C(C)C)c(C([2H])([2H])[2H])c(C)[n+](C)c1-c1c(C)ccc2c1oc1c(C3([2H])CCCCC3)c([N+]#[C-])ccc12. The molecule has 1 saturated carbocycles. The zero-order valence-electron chi connectivity index (χ0n) is 28.2. The monoisotopic (exact) mass is 472 g/mol. The summed E-state index contributed by atoms with van der Waals surface area (Å²) in [5, 5.41) is 1.56. The fraction of sp³-hybridized carbons (Fsp3) is 0.438. The van der Waals surface area contributed by atoms with Gasteiger partial charge >= 0.3 is 0 Å². The van der Waals surface area contributed by atoms with E-state index in [0.717, 1.165) is 35.6 Å². The van der Waals surface area contributed by atoms with E-state index >= 15 is 0 Å². The maximum atomic E-state index is 9.40. The second-order valence-electron chi connectivity index (χ2n) is 10.0. The standard InChI is InChI=1S/C32H37N2O/c1-19(2)17-24-18-28(34(7)22(5)21(24)4)29-20(3)13-14-25-26-15-16-27(33-6)30(32(26)35-31(25)29)23-11-9-8-10-12-23/h13-16,18-19,23H,8-12,17H2,1-5,7H3/q+1/i4D3,17D2,18D,23D. The number of furan rings is 1. The number of pyridine rings is 1. The Labute approximate surface area is 219 Å². The fourth-order valence-corrected chi connectivity index (χ4v) is 5.36. The molecule has 0 bridgehead atoms. The van der Waals surface area contributed by atoms with Crippen LogP contribution in [-0.4, -0.2) is 0 Å². The minimum absolute atomic E-state index is 0.126. The molecule has 1 aliphatic carbocycles. The second-order valence-corrected chi connectivity index (χ2v) is 10.0. The Hall–Kier alpha value is -3.12. The predicted octanol–water partition coefficient (Wildman–Crippen LogP) is 8.80. The van der Waals surface area contributed by atoms with E-state index in [4.69, 9.17) is 17.8 Å². The third kappa shape index (κ3) is 3.94. The van der Waals surface area contributed by atoms with Crippen molar-refractivity contribution in [2.45, 2.75) is 78.9 Å². The highest BCUT2D eigenvalue weighted by Crippen LogP contribution is 2.46. The van der Waals surface area contributed by atoms with Gasteiger partial charge in [-0.05, 0) is 55.9 Å². The zero-order chi connectivity index (χ0) is 30.9. The summed E-state index contributed by atoms with van der Waals surface area (Å²) in [6.07, 6.45) is 2.10. The fourth-order valence-electron chi connectivity index (χ4n) is 5.36. The molecule has 3 nitrogen and oxygen atoms in total. The lowest BCUT2D eigenvalue weighted by Gasteiger charge is -2.23. The molecule has 180 valence electrons. The molecule has 5 rings (SSSR count). The maximum absolute atomic E-state index is 9.40. The van der Waals surface area contributed by atoms with E-state index in [2.05, 4.69) is 4.85 Å². The Balaban J connectivity index is 1.94. The van der Waals surface area contributed by atoms with Gasteiger partial charge in [-0.15, -0.1) is 0 Å². The zero-order valence-corrected chi connectivity index (χ0v) is 21.2. The average molecular weight is 473 g/mol. The van der Waals surface area contributed by atoms with Crippen LogP contribution in [0.15, 0.2) is 34.7 Å². The molecule has 0 atom stereocenters. The quantitative estimate of drug-likeness (QED) is 0.215. The van der Waals surface area contributed by atoms with Crippen LogP contribution in [0, 0.1) is 33.2 Å².